The molecule has 2 N–H and O–H groups in total. The summed E-state index contributed by atoms with van der Waals surface area (Å²) in [5, 5.41) is 26.6. The summed E-state index contributed by atoms with van der Waals surface area (Å²) < 4.78 is 0. The molecule has 23 heavy (non-hydrogen) atoms. The Bertz CT molecular complexity index is 888. The Kier molecular flexibility index (Phi) is 3.86. The van der Waals surface area contributed by atoms with Crippen molar-refractivity contribution in [3.8, 4) is 34.3 Å². The molecule has 0 radical (unpaired) electrons. The smallest absolute Gasteiger partial charge is 0.124 e. The molecule has 0 aliphatic rings. The molecular weight excluding hydrogens is 286 g/mol. The first-order valence-electron chi connectivity index (χ1n) is 7.48. The molecule has 0 amide bonds. The Hall–Kier alpha value is -3.06. The van der Waals surface area contributed by atoms with Gasteiger partial charge in [0.15, 0.2) is 0 Å². The van der Waals surface area contributed by atoms with E-state index in [-0.39, 0.29) is 5.75 Å². The number of hydrogen-bond acceptors (Lipinski definition) is 3. The molecule has 1 aromatic heterocycles. The highest BCUT2D eigenvalue weighted by Gasteiger charge is 2.13. The molecule has 114 valence electrons. The minimum Gasteiger partial charge on any atom is -0.507 e. The maximum atomic E-state index is 10.2. The second-order valence-corrected chi connectivity index (χ2v) is 5.76. The van der Waals surface area contributed by atoms with Gasteiger partial charge in [-0.1, -0.05) is 38.1 Å². The quantitative estimate of drug-likeness (QED) is 0.751. The van der Waals surface area contributed by atoms with Crippen LogP contribution in [0.5, 0.6) is 5.75 Å². The van der Waals surface area contributed by atoms with Crippen LogP contribution in [0.2, 0.25) is 0 Å². The number of benzene rings is 2. The Morgan fingerprint density at radius 3 is 2.61 bits per heavy atom. The van der Waals surface area contributed by atoms with E-state index < -0.39 is 0 Å². The van der Waals surface area contributed by atoms with Gasteiger partial charge in [0.05, 0.1) is 23.0 Å². The van der Waals surface area contributed by atoms with Gasteiger partial charge < -0.3 is 5.11 Å². The molecule has 4 heteroatoms. The lowest BCUT2D eigenvalue weighted by Crippen LogP contribution is -1.88. The van der Waals surface area contributed by atoms with Gasteiger partial charge in [0, 0.05) is 11.1 Å². The summed E-state index contributed by atoms with van der Waals surface area (Å²) in [6, 6.07) is 17.0. The van der Waals surface area contributed by atoms with Crippen LogP contribution in [0.3, 0.4) is 0 Å². The molecule has 0 unspecified atom stereocenters. The average molecular weight is 303 g/mol. The Morgan fingerprint density at radius 2 is 1.87 bits per heavy atom. The van der Waals surface area contributed by atoms with Crippen LogP contribution in [0.4, 0.5) is 0 Å². The summed E-state index contributed by atoms with van der Waals surface area (Å²) in [7, 11) is 0. The second kappa shape index (κ2) is 5.98. The van der Waals surface area contributed by atoms with Crippen LogP contribution >= 0.6 is 0 Å². The maximum absolute atomic E-state index is 10.2. The molecule has 4 nitrogen and oxygen atoms in total. The summed E-state index contributed by atoms with van der Waals surface area (Å²) in [6.45, 7) is 4.22. The standard InChI is InChI=1S/C19H17N3O/c1-12(2)13-7-8-19(23)16(9-13)18-10-17(21-22-18)15-6-4-3-5-14(15)11-20/h3-10,12,23H,1-2H3,(H,21,22). The normalized spacial score (nSPS) is 10.7. The maximum Gasteiger partial charge on any atom is 0.124 e. The third-order valence-corrected chi connectivity index (χ3v) is 3.88. The van der Waals surface area contributed by atoms with Gasteiger partial charge in [-0.15, -0.1) is 0 Å². The van der Waals surface area contributed by atoms with Gasteiger partial charge in [0.2, 0.25) is 0 Å². The highest BCUT2D eigenvalue weighted by atomic mass is 16.3. The van der Waals surface area contributed by atoms with Crippen molar-refractivity contribution < 1.29 is 5.11 Å². The van der Waals surface area contributed by atoms with Crippen molar-refractivity contribution in [1.82, 2.24) is 10.2 Å². The van der Waals surface area contributed by atoms with E-state index in [1.54, 1.807) is 12.1 Å². The van der Waals surface area contributed by atoms with E-state index in [1.165, 1.54) is 0 Å². The molecule has 2 aromatic carbocycles. The first kappa shape index (κ1) is 14.9. The zero-order chi connectivity index (χ0) is 16.4. The van der Waals surface area contributed by atoms with Crippen molar-refractivity contribution in [2.24, 2.45) is 0 Å². The van der Waals surface area contributed by atoms with Crippen LogP contribution in [0.15, 0.2) is 48.5 Å². The van der Waals surface area contributed by atoms with Crippen molar-refractivity contribution in [1.29, 1.82) is 5.26 Å². The first-order chi connectivity index (χ1) is 11.1. The number of nitrogens with zero attached hydrogens (tertiary/aromatic N) is 2. The van der Waals surface area contributed by atoms with Gasteiger partial charge in [0.25, 0.3) is 0 Å². The van der Waals surface area contributed by atoms with Crippen LogP contribution in [0.1, 0.15) is 30.9 Å². The number of aromatic hydroxyl groups is 1. The number of nitrogens with one attached hydrogen (secondary N) is 1. The lowest BCUT2D eigenvalue weighted by Gasteiger charge is -2.08. The fourth-order valence-corrected chi connectivity index (χ4v) is 2.53. The molecule has 0 fully saturated rings. The summed E-state index contributed by atoms with van der Waals surface area (Å²) in [6.07, 6.45) is 0. The molecule has 0 spiro atoms. The van der Waals surface area contributed by atoms with Gasteiger partial charge in [0.1, 0.15) is 5.75 Å². The van der Waals surface area contributed by atoms with E-state index in [4.69, 9.17) is 0 Å². The number of rotatable bonds is 3. The van der Waals surface area contributed by atoms with Gasteiger partial charge in [-0.3, -0.25) is 5.10 Å². The molecule has 0 aliphatic heterocycles. The SMILES string of the molecule is CC(C)c1ccc(O)c(-c2cc(-c3ccccc3C#N)n[nH]2)c1. The van der Waals surface area contributed by atoms with Gasteiger partial charge >= 0.3 is 0 Å². The van der Waals surface area contributed by atoms with E-state index in [1.807, 2.05) is 36.4 Å². The minimum atomic E-state index is 0.207. The molecule has 0 aliphatic carbocycles. The number of aromatic amines is 1. The first-order valence-corrected chi connectivity index (χ1v) is 7.48. The number of phenols is 1. The van der Waals surface area contributed by atoms with Crippen molar-refractivity contribution >= 4 is 0 Å². The molecule has 1 heterocycles. The van der Waals surface area contributed by atoms with Crippen molar-refractivity contribution in [2.75, 3.05) is 0 Å². The fraction of sp³-hybridized carbons (Fsp3) is 0.158. The number of nitriles is 1. The van der Waals surface area contributed by atoms with Crippen LogP contribution in [-0.4, -0.2) is 15.3 Å². The summed E-state index contributed by atoms with van der Waals surface area (Å²) >= 11 is 0. The predicted octanol–water partition coefficient (Wildman–Crippen LogP) is 4.44. The summed E-state index contributed by atoms with van der Waals surface area (Å²) in [4.78, 5) is 0. The van der Waals surface area contributed by atoms with Crippen LogP contribution in [0, 0.1) is 11.3 Å². The Labute approximate surface area is 135 Å². The molecule has 0 atom stereocenters. The van der Waals surface area contributed by atoms with E-state index >= 15 is 0 Å². The largest absolute Gasteiger partial charge is 0.507 e. The third-order valence-electron chi connectivity index (χ3n) is 3.88. The van der Waals surface area contributed by atoms with Gasteiger partial charge in [-0.2, -0.15) is 10.4 Å². The molecule has 0 saturated carbocycles. The van der Waals surface area contributed by atoms with Crippen molar-refractivity contribution in [3.63, 3.8) is 0 Å². The zero-order valence-electron chi connectivity index (χ0n) is 13.0. The monoisotopic (exact) mass is 303 g/mol. The van der Waals surface area contributed by atoms with Crippen LogP contribution < -0.4 is 0 Å². The van der Waals surface area contributed by atoms with E-state index in [0.717, 1.165) is 16.8 Å². The van der Waals surface area contributed by atoms with Crippen LogP contribution in [-0.2, 0) is 0 Å². The molecule has 0 bridgehead atoms. The highest BCUT2D eigenvalue weighted by molar-refractivity contribution is 5.75. The number of H-pyrrole nitrogens is 1. The summed E-state index contributed by atoms with van der Waals surface area (Å²) in [5.74, 6) is 0.578. The highest BCUT2D eigenvalue weighted by Crippen LogP contribution is 2.33. The molecule has 3 rings (SSSR count). The van der Waals surface area contributed by atoms with Gasteiger partial charge in [-0.05, 0) is 35.7 Å². The lowest BCUT2D eigenvalue weighted by molar-refractivity contribution is 0.477. The lowest BCUT2D eigenvalue weighted by atomic mass is 9.98. The third kappa shape index (κ3) is 2.82. The van der Waals surface area contributed by atoms with Crippen LogP contribution in [0.25, 0.3) is 22.5 Å². The van der Waals surface area contributed by atoms with Gasteiger partial charge in [-0.25, -0.2) is 0 Å². The van der Waals surface area contributed by atoms with E-state index in [9.17, 15) is 10.4 Å². The van der Waals surface area contributed by atoms with E-state index in [2.05, 4.69) is 30.1 Å². The molecule has 3 aromatic rings. The Morgan fingerprint density at radius 1 is 1.09 bits per heavy atom. The summed E-state index contributed by atoms with van der Waals surface area (Å²) in [5.41, 5.74) is 4.62. The van der Waals surface area contributed by atoms with Crippen molar-refractivity contribution in [2.45, 2.75) is 19.8 Å². The topological polar surface area (TPSA) is 72.7 Å². The average Bonchev–Trinajstić information content (AvgIpc) is 3.04. The predicted molar refractivity (Wildman–Crippen MR) is 89.9 cm³/mol. The minimum absolute atomic E-state index is 0.207. The Balaban J connectivity index is 2.06. The van der Waals surface area contributed by atoms with E-state index in [0.29, 0.717) is 22.7 Å². The zero-order valence-corrected chi connectivity index (χ0v) is 13.0. The number of phenolic OH excluding ortho intramolecular Hbond substituents is 1. The number of hydrogen-bond donors (Lipinski definition) is 2. The number of aromatic nitrogens is 2. The fourth-order valence-electron chi connectivity index (χ4n) is 2.53. The molecule has 0 saturated heterocycles. The molecular formula is C19H17N3O. The van der Waals surface area contributed by atoms with Crippen molar-refractivity contribution in [3.05, 3.63) is 59.7 Å². The second-order valence-electron chi connectivity index (χ2n) is 5.76.